The number of carbonyl (C=O) groups excluding carboxylic acids is 2. The number of cyclic esters (lactones) is 1. The van der Waals surface area contributed by atoms with E-state index < -0.39 is 28.6 Å². The zero-order chi connectivity index (χ0) is 38.6. The molecular formula is C41H66N2O7Si2. The van der Waals surface area contributed by atoms with Gasteiger partial charge in [0.1, 0.15) is 12.4 Å². The summed E-state index contributed by atoms with van der Waals surface area (Å²) in [4.78, 5) is 29.0. The maximum absolute atomic E-state index is 14.5. The minimum Gasteiger partial charge on any atom is -0.447 e. The summed E-state index contributed by atoms with van der Waals surface area (Å²) >= 11 is 0. The summed E-state index contributed by atoms with van der Waals surface area (Å²) in [6.45, 7) is 28.6. The van der Waals surface area contributed by atoms with Gasteiger partial charge in [0.15, 0.2) is 16.6 Å². The van der Waals surface area contributed by atoms with Gasteiger partial charge in [-0.2, -0.15) is 0 Å². The Kier molecular flexibility index (Phi) is 14.0. The molecule has 0 N–H and O–H groups in total. The van der Waals surface area contributed by atoms with Crippen LogP contribution < -0.4 is 0 Å². The lowest BCUT2D eigenvalue weighted by Crippen LogP contribution is -2.51. The largest absolute Gasteiger partial charge is 0.447 e. The van der Waals surface area contributed by atoms with Crippen molar-refractivity contribution in [1.29, 1.82) is 0 Å². The summed E-state index contributed by atoms with van der Waals surface area (Å²) in [5.74, 6) is -0.0902. The molecule has 2 aliphatic rings. The van der Waals surface area contributed by atoms with Crippen molar-refractivity contribution in [3.05, 3.63) is 65.1 Å². The van der Waals surface area contributed by atoms with Gasteiger partial charge in [0.25, 0.3) is 0 Å². The van der Waals surface area contributed by atoms with Crippen LogP contribution in [0, 0.1) is 11.8 Å². The van der Waals surface area contributed by atoms with Crippen molar-refractivity contribution in [3.63, 3.8) is 0 Å². The Hall–Kier alpha value is -2.58. The van der Waals surface area contributed by atoms with E-state index in [9.17, 15) is 9.59 Å². The first-order valence-electron chi connectivity index (χ1n) is 19.3. The van der Waals surface area contributed by atoms with Crippen LogP contribution in [0.1, 0.15) is 97.6 Å². The van der Waals surface area contributed by atoms with Crippen molar-refractivity contribution in [3.8, 4) is 0 Å². The molecule has 2 amide bonds. The van der Waals surface area contributed by atoms with Crippen LogP contribution in [0.25, 0.3) is 0 Å². The second-order valence-corrected chi connectivity index (χ2v) is 27.2. The Bertz CT molecular complexity index is 1510. The first-order chi connectivity index (χ1) is 24.2. The van der Waals surface area contributed by atoms with Crippen molar-refractivity contribution in [1.82, 2.24) is 10.1 Å². The first-order valence-corrected chi connectivity index (χ1v) is 25.7. The molecule has 0 unspecified atom stereocenters. The molecule has 8 atom stereocenters. The minimum absolute atomic E-state index is 0.0293. The quantitative estimate of drug-likeness (QED) is 0.131. The number of ether oxygens (including phenoxy) is 2. The van der Waals surface area contributed by atoms with Gasteiger partial charge in [-0.05, 0) is 76.4 Å². The average Bonchev–Trinajstić information content (AvgIpc) is 3.66. The van der Waals surface area contributed by atoms with Crippen LogP contribution in [0.15, 0.2) is 52.6 Å². The van der Waals surface area contributed by atoms with Crippen molar-refractivity contribution < 1.29 is 32.4 Å². The second kappa shape index (κ2) is 17.3. The Balaban J connectivity index is 1.55. The van der Waals surface area contributed by atoms with E-state index in [1.165, 1.54) is 10.5 Å². The number of aromatic nitrogens is 1. The summed E-state index contributed by atoms with van der Waals surface area (Å²) in [6, 6.07) is 11.6. The number of nitrogens with zero attached hydrogens (tertiary/aromatic N) is 2. The molecule has 1 aromatic heterocycles. The van der Waals surface area contributed by atoms with E-state index in [0.29, 0.717) is 31.4 Å². The highest BCUT2D eigenvalue weighted by atomic mass is 28.4. The fraction of sp³-hybridized carbons (Fsp3) is 0.683. The van der Waals surface area contributed by atoms with Gasteiger partial charge in [0.05, 0.1) is 42.1 Å². The lowest BCUT2D eigenvalue weighted by Gasteiger charge is -2.46. The third-order valence-corrected chi connectivity index (χ3v) is 16.5. The maximum Gasteiger partial charge on any atom is 0.416 e. The van der Waals surface area contributed by atoms with Gasteiger partial charge in [-0.15, -0.1) is 0 Å². The minimum atomic E-state index is -2.04. The molecule has 52 heavy (non-hydrogen) atoms. The van der Waals surface area contributed by atoms with Gasteiger partial charge in [0, 0.05) is 30.7 Å². The van der Waals surface area contributed by atoms with E-state index in [-0.39, 0.29) is 59.8 Å². The molecule has 0 spiro atoms. The summed E-state index contributed by atoms with van der Waals surface area (Å²) in [5, 5.41) is 4.63. The smallest absolute Gasteiger partial charge is 0.416 e. The zero-order valence-electron chi connectivity index (χ0n) is 34.2. The van der Waals surface area contributed by atoms with E-state index in [4.69, 9.17) is 22.8 Å². The molecule has 0 radical (unpaired) electrons. The Morgan fingerprint density at radius 2 is 1.77 bits per heavy atom. The van der Waals surface area contributed by atoms with Crippen LogP contribution in [-0.4, -0.2) is 75.8 Å². The standard InChI is InChI=1S/C41H66N2O7Si2/c1-14-35(49-51(9,10)11)34(39(44)43-32(26-46-40(43)45)22-30-18-16-15-17-19-30)21-28(4)36-23-31(42-48-36)24-37-29(5)38(25-33(47-37)20-27(2)3)50-52(12,13)41(6,7)8/h15-20,23,28-29,32-35,37-38H,14,21-22,24-26H2,1-13H3/t28-,29-,32+,33-,34+,35-,37+,38+/m1/s1. The van der Waals surface area contributed by atoms with Gasteiger partial charge in [-0.3, -0.25) is 4.79 Å². The van der Waals surface area contributed by atoms with Crippen LogP contribution >= 0.6 is 0 Å². The predicted molar refractivity (Wildman–Crippen MR) is 211 cm³/mol. The number of allylic oxidation sites excluding steroid dienone is 1. The van der Waals surface area contributed by atoms with Crippen molar-refractivity contribution in [2.75, 3.05) is 6.61 Å². The summed E-state index contributed by atoms with van der Waals surface area (Å²) < 4.78 is 31.8. The molecular weight excluding hydrogens is 689 g/mol. The molecule has 2 saturated heterocycles. The Labute approximate surface area is 315 Å². The number of carbonyl (C=O) groups is 2. The number of benzene rings is 1. The molecule has 0 bridgehead atoms. The van der Waals surface area contributed by atoms with Crippen molar-refractivity contribution in [2.24, 2.45) is 11.8 Å². The molecule has 0 aliphatic carbocycles. The van der Waals surface area contributed by atoms with E-state index >= 15 is 0 Å². The summed E-state index contributed by atoms with van der Waals surface area (Å²) in [7, 11) is -4.04. The van der Waals surface area contributed by atoms with Crippen LogP contribution in [0.2, 0.25) is 37.8 Å². The molecule has 4 rings (SSSR count). The molecule has 2 aliphatic heterocycles. The van der Waals surface area contributed by atoms with Gasteiger partial charge in [-0.25, -0.2) is 9.69 Å². The Morgan fingerprint density at radius 3 is 2.37 bits per heavy atom. The van der Waals surface area contributed by atoms with E-state index in [1.807, 2.05) is 43.3 Å². The number of imide groups is 1. The molecule has 2 fully saturated rings. The number of hydrogen-bond donors (Lipinski definition) is 0. The third kappa shape index (κ3) is 11.0. The zero-order valence-corrected chi connectivity index (χ0v) is 36.2. The number of amides is 2. The van der Waals surface area contributed by atoms with E-state index in [1.54, 1.807) is 0 Å². The van der Waals surface area contributed by atoms with Gasteiger partial charge in [-0.1, -0.05) is 88.7 Å². The van der Waals surface area contributed by atoms with Crippen LogP contribution in [0.5, 0.6) is 0 Å². The highest BCUT2D eigenvalue weighted by Crippen LogP contribution is 2.41. The monoisotopic (exact) mass is 754 g/mol. The average molecular weight is 755 g/mol. The number of hydrogen-bond acceptors (Lipinski definition) is 8. The fourth-order valence-corrected chi connectivity index (χ4v) is 9.79. The van der Waals surface area contributed by atoms with Crippen LogP contribution in [0.4, 0.5) is 4.79 Å². The third-order valence-electron chi connectivity index (χ3n) is 11.0. The van der Waals surface area contributed by atoms with Crippen molar-refractivity contribution >= 4 is 28.6 Å². The fourth-order valence-electron chi connectivity index (χ4n) is 7.13. The van der Waals surface area contributed by atoms with Crippen molar-refractivity contribution in [2.45, 2.75) is 162 Å². The topological polar surface area (TPSA) is 100 Å². The summed E-state index contributed by atoms with van der Waals surface area (Å²) in [6.07, 6.45) is 4.29. The van der Waals surface area contributed by atoms with Crippen LogP contribution in [0.3, 0.4) is 0 Å². The van der Waals surface area contributed by atoms with Crippen LogP contribution in [-0.2, 0) is 36.0 Å². The number of rotatable bonds is 15. The second-order valence-electron chi connectivity index (χ2n) is 17.9. The lowest BCUT2D eigenvalue weighted by molar-refractivity contribution is -0.137. The Morgan fingerprint density at radius 1 is 1.10 bits per heavy atom. The predicted octanol–water partition coefficient (Wildman–Crippen LogP) is 9.70. The highest BCUT2D eigenvalue weighted by molar-refractivity contribution is 6.74. The van der Waals surface area contributed by atoms with E-state index in [2.05, 4.69) is 92.4 Å². The normalized spacial score (nSPS) is 24.7. The highest BCUT2D eigenvalue weighted by Gasteiger charge is 2.46. The molecule has 3 heterocycles. The molecule has 1 aromatic carbocycles. The van der Waals surface area contributed by atoms with Gasteiger partial charge < -0.3 is 22.8 Å². The van der Waals surface area contributed by atoms with Gasteiger partial charge in [0.2, 0.25) is 5.91 Å². The lowest BCUT2D eigenvalue weighted by atomic mass is 9.86. The molecule has 11 heteroatoms. The molecule has 2 aromatic rings. The maximum atomic E-state index is 14.5. The van der Waals surface area contributed by atoms with Gasteiger partial charge >= 0.3 is 6.09 Å². The first kappa shape index (κ1) is 42.2. The molecule has 290 valence electrons. The van der Waals surface area contributed by atoms with E-state index in [0.717, 1.165) is 17.7 Å². The SMILES string of the molecule is CC[C@@H](O[Si](C)(C)C)[C@H](C[C@@H](C)c1cc(C[C@@H]2O[C@H](C=C(C)C)C[C@H](O[Si](C)(C)C(C)(C)C)[C@@H]2C)no1)C(=O)N1C(=O)OC[C@@H]1Cc1ccccc1. The molecule has 0 saturated carbocycles. The summed E-state index contributed by atoms with van der Waals surface area (Å²) in [5.41, 5.74) is 3.10. The molecule has 9 nitrogen and oxygen atoms in total.